The van der Waals surface area contributed by atoms with Crippen LogP contribution in [0.3, 0.4) is 0 Å². The molecule has 3 aliphatic rings. The van der Waals surface area contributed by atoms with E-state index in [1.165, 1.54) is 49.7 Å². The summed E-state index contributed by atoms with van der Waals surface area (Å²) in [5.74, 6) is 3.38. The number of allylic oxidation sites excluding steroid dienone is 1. The van der Waals surface area contributed by atoms with Gasteiger partial charge in [0.05, 0.1) is 19.6 Å². The van der Waals surface area contributed by atoms with E-state index in [4.69, 9.17) is 14.2 Å². The van der Waals surface area contributed by atoms with Gasteiger partial charge in [-0.25, -0.2) is 0 Å². The van der Waals surface area contributed by atoms with E-state index in [1.54, 1.807) is 14.2 Å². The Morgan fingerprint density at radius 1 is 0.974 bits per heavy atom. The lowest BCUT2D eigenvalue weighted by molar-refractivity contribution is -0.152. The van der Waals surface area contributed by atoms with Gasteiger partial charge < -0.3 is 14.2 Å². The van der Waals surface area contributed by atoms with Crippen LogP contribution in [0.1, 0.15) is 124 Å². The minimum absolute atomic E-state index is 0.0123. The van der Waals surface area contributed by atoms with Crippen molar-refractivity contribution in [2.24, 2.45) is 28.6 Å². The van der Waals surface area contributed by atoms with Gasteiger partial charge in [0.2, 0.25) is 0 Å². The largest absolute Gasteiger partial charge is 0.496 e. The van der Waals surface area contributed by atoms with Gasteiger partial charge in [0, 0.05) is 11.5 Å². The molecule has 3 aliphatic carbocycles. The number of esters is 1. The van der Waals surface area contributed by atoms with Gasteiger partial charge in [0.15, 0.2) is 0 Å². The van der Waals surface area contributed by atoms with Gasteiger partial charge in [-0.3, -0.25) is 4.79 Å². The Balaban J connectivity index is 2.02. The highest BCUT2D eigenvalue weighted by molar-refractivity contribution is 5.75. The molecule has 0 radical (unpaired) electrons. The lowest BCUT2D eigenvalue weighted by Crippen LogP contribution is -2.52. The van der Waals surface area contributed by atoms with Crippen LogP contribution in [0.5, 0.6) is 11.5 Å². The first-order chi connectivity index (χ1) is 18.2. The summed E-state index contributed by atoms with van der Waals surface area (Å²) in [6.07, 6.45) is 11.0. The summed E-state index contributed by atoms with van der Waals surface area (Å²) in [5.41, 5.74) is 3.29. The minimum Gasteiger partial charge on any atom is -0.496 e. The predicted octanol–water partition coefficient (Wildman–Crippen LogP) is 9.25. The summed E-state index contributed by atoms with van der Waals surface area (Å²) in [5, 5.41) is 0. The Morgan fingerprint density at radius 2 is 1.59 bits per heavy atom. The standard InChI is InChI=1S/C35H56O4/c1-12-14-15-17-24(16-13-2)34(6,7)25-19-29(37-10)31(30(20-25)38-11)26-18-23(22-39-32(36)33(3,4)5)27-21-28(26)35(27,8)9/h18-20,24,26-28H,12-17,21-22H2,1-11H3/t24?,26-,27+,28-/m0/s1. The summed E-state index contributed by atoms with van der Waals surface area (Å²) in [4.78, 5) is 12.6. The number of carbonyl (C=O) groups is 1. The van der Waals surface area contributed by atoms with Crippen LogP contribution in [0.4, 0.5) is 0 Å². The first-order valence-electron chi connectivity index (χ1n) is 15.4. The zero-order valence-corrected chi connectivity index (χ0v) is 26.8. The molecule has 0 spiro atoms. The topological polar surface area (TPSA) is 44.8 Å². The van der Waals surface area contributed by atoms with Gasteiger partial charge in [-0.05, 0) is 91.9 Å². The van der Waals surface area contributed by atoms with Gasteiger partial charge in [0.25, 0.3) is 0 Å². The van der Waals surface area contributed by atoms with Crippen molar-refractivity contribution < 1.29 is 19.0 Å². The van der Waals surface area contributed by atoms with Crippen LogP contribution in [0.15, 0.2) is 23.8 Å². The molecule has 220 valence electrons. The Morgan fingerprint density at radius 3 is 2.08 bits per heavy atom. The Bertz CT molecular complexity index is 1000. The summed E-state index contributed by atoms with van der Waals surface area (Å²) in [7, 11) is 3.57. The molecule has 1 unspecified atom stereocenters. The molecule has 1 saturated carbocycles. The van der Waals surface area contributed by atoms with Crippen LogP contribution in [0.2, 0.25) is 0 Å². The smallest absolute Gasteiger partial charge is 0.311 e. The average Bonchev–Trinajstić information content (AvgIpc) is 2.89. The van der Waals surface area contributed by atoms with Crippen molar-refractivity contribution >= 4 is 5.97 Å². The first-order valence-corrected chi connectivity index (χ1v) is 15.4. The number of hydrogen-bond acceptors (Lipinski definition) is 4. The minimum atomic E-state index is -0.506. The zero-order chi connectivity index (χ0) is 29.2. The maximum absolute atomic E-state index is 12.6. The molecule has 4 heteroatoms. The molecule has 39 heavy (non-hydrogen) atoms. The second-order valence-corrected chi connectivity index (χ2v) is 14.3. The molecule has 1 aromatic carbocycles. The average molecular weight is 541 g/mol. The highest BCUT2D eigenvalue weighted by atomic mass is 16.5. The maximum atomic E-state index is 12.6. The molecule has 0 N–H and O–H groups in total. The molecule has 0 saturated heterocycles. The molecule has 0 aromatic heterocycles. The fourth-order valence-corrected chi connectivity index (χ4v) is 7.19. The molecule has 1 fully saturated rings. The summed E-state index contributed by atoms with van der Waals surface area (Å²) in [6, 6.07) is 4.57. The molecule has 4 rings (SSSR count). The van der Waals surface area contributed by atoms with Gasteiger partial charge in [0.1, 0.15) is 18.1 Å². The van der Waals surface area contributed by atoms with Crippen LogP contribution in [-0.4, -0.2) is 26.8 Å². The fraction of sp³-hybridized carbons (Fsp3) is 0.743. The number of hydrogen-bond donors (Lipinski definition) is 0. The number of rotatable bonds is 13. The van der Waals surface area contributed by atoms with Gasteiger partial charge in [-0.15, -0.1) is 0 Å². The Kier molecular flexibility index (Phi) is 9.93. The molecular weight excluding hydrogens is 484 g/mol. The lowest BCUT2D eigenvalue weighted by Gasteiger charge is -2.59. The van der Waals surface area contributed by atoms with Gasteiger partial charge in [-0.1, -0.05) is 73.3 Å². The number of benzene rings is 1. The van der Waals surface area contributed by atoms with E-state index < -0.39 is 5.41 Å². The molecule has 0 aliphatic heterocycles. The normalized spacial score (nSPS) is 22.9. The number of methoxy groups -OCH3 is 2. The van der Waals surface area contributed by atoms with E-state index >= 15 is 0 Å². The Hall–Kier alpha value is -1.97. The maximum Gasteiger partial charge on any atom is 0.311 e. The highest BCUT2D eigenvalue weighted by Gasteiger charge is 2.56. The second kappa shape index (κ2) is 12.3. The summed E-state index contributed by atoms with van der Waals surface area (Å²) >= 11 is 0. The number of ether oxygens (including phenoxy) is 3. The van der Waals surface area contributed by atoms with Crippen molar-refractivity contribution in [3.05, 3.63) is 34.9 Å². The molecule has 2 bridgehead atoms. The van der Waals surface area contributed by atoms with Crippen LogP contribution in [0, 0.1) is 28.6 Å². The van der Waals surface area contributed by atoms with E-state index in [-0.39, 0.29) is 22.7 Å². The Labute approximate surface area is 239 Å². The van der Waals surface area contributed by atoms with Crippen LogP contribution < -0.4 is 9.47 Å². The van der Waals surface area contributed by atoms with E-state index in [0.717, 1.165) is 23.5 Å². The number of fused-ring (bicyclic) bond motifs is 1. The third-order valence-electron chi connectivity index (χ3n) is 10.0. The van der Waals surface area contributed by atoms with E-state index in [2.05, 4.69) is 59.8 Å². The van der Waals surface area contributed by atoms with Crippen molar-refractivity contribution in [2.45, 2.75) is 119 Å². The van der Waals surface area contributed by atoms with E-state index in [1.807, 2.05) is 20.8 Å². The first kappa shape index (κ1) is 31.6. The quantitative estimate of drug-likeness (QED) is 0.142. The lowest BCUT2D eigenvalue weighted by atomic mass is 9.45. The fourth-order valence-electron chi connectivity index (χ4n) is 7.19. The molecule has 0 heterocycles. The third-order valence-corrected chi connectivity index (χ3v) is 10.0. The van der Waals surface area contributed by atoms with Crippen LogP contribution in [0.25, 0.3) is 0 Å². The third kappa shape index (κ3) is 6.35. The number of carbonyl (C=O) groups excluding carboxylic acids is 1. The predicted molar refractivity (Wildman–Crippen MR) is 162 cm³/mol. The van der Waals surface area contributed by atoms with Gasteiger partial charge in [-0.2, -0.15) is 0 Å². The summed E-state index contributed by atoms with van der Waals surface area (Å²) in [6.45, 7) is 20.2. The van der Waals surface area contributed by atoms with Gasteiger partial charge >= 0.3 is 5.97 Å². The molecule has 4 atom stereocenters. The van der Waals surface area contributed by atoms with Crippen LogP contribution >= 0.6 is 0 Å². The van der Waals surface area contributed by atoms with Crippen molar-refractivity contribution in [1.82, 2.24) is 0 Å². The number of unbranched alkanes of at least 4 members (excludes halogenated alkanes) is 2. The zero-order valence-electron chi connectivity index (χ0n) is 26.8. The van der Waals surface area contributed by atoms with Crippen LogP contribution in [-0.2, 0) is 14.9 Å². The molecule has 4 nitrogen and oxygen atoms in total. The molecule has 0 amide bonds. The monoisotopic (exact) mass is 540 g/mol. The van der Waals surface area contributed by atoms with Crippen molar-refractivity contribution in [3.8, 4) is 11.5 Å². The molecular formula is C35H56O4. The second-order valence-electron chi connectivity index (χ2n) is 14.3. The van der Waals surface area contributed by atoms with E-state index in [9.17, 15) is 4.79 Å². The van der Waals surface area contributed by atoms with Crippen molar-refractivity contribution in [2.75, 3.05) is 20.8 Å². The van der Waals surface area contributed by atoms with E-state index in [0.29, 0.717) is 24.4 Å². The molecule has 1 aromatic rings. The SMILES string of the molecule is CCCCCC(CCC)C(C)(C)c1cc(OC)c([C@H]2C=C(COC(=O)C(C)(C)C)[C@H]3C[C@@H]2C3(C)C)c(OC)c1. The highest BCUT2D eigenvalue weighted by Crippen LogP contribution is 2.65. The van der Waals surface area contributed by atoms with Crippen molar-refractivity contribution in [3.63, 3.8) is 0 Å². The summed E-state index contributed by atoms with van der Waals surface area (Å²) < 4.78 is 18.1. The van der Waals surface area contributed by atoms with Crippen molar-refractivity contribution in [1.29, 1.82) is 0 Å².